The van der Waals surface area contributed by atoms with Crippen molar-refractivity contribution in [3.05, 3.63) is 0 Å². The predicted molar refractivity (Wildman–Crippen MR) is 46.8 cm³/mol. The second-order valence-corrected chi connectivity index (χ2v) is 3.16. The van der Waals surface area contributed by atoms with Gasteiger partial charge in [-0.25, -0.2) is 0 Å². The number of rotatable bonds is 2. The molecule has 0 aliphatic carbocycles. The van der Waals surface area contributed by atoms with Crippen LogP contribution in [-0.2, 0) is 9.53 Å². The summed E-state index contributed by atoms with van der Waals surface area (Å²) in [5.74, 6) is 1.44. The van der Waals surface area contributed by atoms with Gasteiger partial charge in [-0.05, 0) is 5.92 Å². The van der Waals surface area contributed by atoms with Gasteiger partial charge in [-0.15, -0.1) is 6.42 Å². The summed E-state index contributed by atoms with van der Waals surface area (Å²) >= 11 is 0. The molecule has 0 radical (unpaired) electrons. The van der Waals surface area contributed by atoms with E-state index in [4.69, 9.17) is 11.2 Å². The van der Waals surface area contributed by atoms with Gasteiger partial charge in [0, 0.05) is 32.6 Å². The molecule has 1 saturated heterocycles. The minimum absolute atomic E-state index is 0.208. The predicted octanol–water partition coefficient (Wildman–Crippen LogP) is -0.723. The molecule has 2 N–H and O–H groups in total. The van der Waals surface area contributed by atoms with E-state index >= 15 is 0 Å². The molecule has 1 rings (SSSR count). The van der Waals surface area contributed by atoms with E-state index < -0.39 is 11.5 Å². The van der Waals surface area contributed by atoms with Crippen molar-refractivity contribution in [2.45, 2.75) is 18.4 Å². The van der Waals surface area contributed by atoms with E-state index in [0.29, 0.717) is 26.1 Å². The van der Waals surface area contributed by atoms with E-state index in [0.717, 1.165) is 0 Å². The van der Waals surface area contributed by atoms with Crippen LogP contribution in [0.15, 0.2) is 0 Å². The first-order chi connectivity index (χ1) is 6.16. The van der Waals surface area contributed by atoms with Gasteiger partial charge in [0.2, 0.25) is 0 Å². The van der Waals surface area contributed by atoms with E-state index in [1.54, 1.807) is 0 Å². The van der Waals surface area contributed by atoms with Gasteiger partial charge in [-0.3, -0.25) is 4.79 Å². The highest BCUT2D eigenvalue weighted by molar-refractivity contribution is 5.92. The molecule has 1 fully saturated rings. The number of nitrogens with one attached hydrogen (secondary N) is 1. The van der Waals surface area contributed by atoms with Gasteiger partial charge in [-0.2, -0.15) is 0 Å². The molecule has 0 spiro atoms. The highest BCUT2D eigenvalue weighted by atomic mass is 16.5. The molecule has 0 unspecified atom stereocenters. The molecule has 72 valence electrons. The summed E-state index contributed by atoms with van der Waals surface area (Å²) in [7, 11) is 0. The van der Waals surface area contributed by atoms with Crippen molar-refractivity contribution in [1.29, 1.82) is 0 Å². The summed E-state index contributed by atoms with van der Waals surface area (Å²) in [4.78, 5) is 10.7. The Bertz CT molecular complexity index is 226. The number of terminal acetylenes is 1. The summed E-state index contributed by atoms with van der Waals surface area (Å²) in [6.07, 6.45) is 5.94. The average Bonchev–Trinajstić information content (AvgIpc) is 2.15. The van der Waals surface area contributed by atoms with Crippen LogP contribution in [0.25, 0.3) is 0 Å². The van der Waals surface area contributed by atoms with E-state index in [2.05, 4.69) is 5.32 Å². The fraction of sp³-hybridized carbons (Fsp3) is 0.667. The third kappa shape index (κ3) is 3.05. The maximum Gasteiger partial charge on any atom is 0.295 e. The van der Waals surface area contributed by atoms with Crippen LogP contribution < -0.4 is 5.32 Å². The van der Waals surface area contributed by atoms with E-state index in [1.807, 2.05) is 5.92 Å². The van der Waals surface area contributed by atoms with Gasteiger partial charge in [0.1, 0.15) is 0 Å². The molecule has 0 bridgehead atoms. The van der Waals surface area contributed by atoms with E-state index in [9.17, 15) is 9.90 Å². The largest absolute Gasteiger partial charge is 0.388 e. The number of carbonyl (C=O) groups is 1. The zero-order valence-electron chi connectivity index (χ0n) is 7.38. The zero-order chi connectivity index (χ0) is 9.73. The van der Waals surface area contributed by atoms with Crippen molar-refractivity contribution < 1.29 is 14.6 Å². The lowest BCUT2D eigenvalue weighted by atomic mass is 9.94. The van der Waals surface area contributed by atoms with Crippen LogP contribution in [-0.4, -0.2) is 36.4 Å². The minimum Gasteiger partial charge on any atom is -0.388 e. The second-order valence-electron chi connectivity index (χ2n) is 3.16. The van der Waals surface area contributed by atoms with E-state index in [-0.39, 0.29) is 6.54 Å². The standard InChI is InChI=1S/C9H13NO3/c1-2-8(11)10-7-9(12)3-5-13-6-4-9/h1,12H,3-7H2,(H,10,11). The Balaban J connectivity index is 2.34. The summed E-state index contributed by atoms with van der Waals surface area (Å²) in [6, 6.07) is 0. The molecule has 0 atom stereocenters. The quantitative estimate of drug-likeness (QED) is 0.555. The van der Waals surface area contributed by atoms with Gasteiger partial charge < -0.3 is 15.2 Å². The lowest BCUT2D eigenvalue weighted by molar-refractivity contribution is -0.118. The van der Waals surface area contributed by atoms with Crippen LogP contribution in [0.2, 0.25) is 0 Å². The first-order valence-electron chi connectivity index (χ1n) is 4.21. The van der Waals surface area contributed by atoms with Crippen LogP contribution in [0.1, 0.15) is 12.8 Å². The molecule has 1 aliphatic heterocycles. The maximum absolute atomic E-state index is 10.7. The molecule has 0 aromatic rings. The topological polar surface area (TPSA) is 58.6 Å². The number of hydrogen-bond donors (Lipinski definition) is 2. The van der Waals surface area contributed by atoms with Gasteiger partial charge in [0.25, 0.3) is 5.91 Å². The SMILES string of the molecule is C#CC(=O)NCC1(O)CCOCC1. The Labute approximate surface area is 77.3 Å². The Kier molecular flexibility index (Phi) is 3.29. The number of aliphatic hydroxyl groups is 1. The van der Waals surface area contributed by atoms with Gasteiger partial charge in [-0.1, -0.05) is 0 Å². The molecule has 1 heterocycles. The number of hydrogen-bond acceptors (Lipinski definition) is 3. The highest BCUT2D eigenvalue weighted by Crippen LogP contribution is 2.18. The molecular formula is C9H13NO3. The molecule has 0 saturated carbocycles. The van der Waals surface area contributed by atoms with Crippen molar-refractivity contribution >= 4 is 5.91 Å². The molecule has 4 heteroatoms. The molecule has 4 nitrogen and oxygen atoms in total. The van der Waals surface area contributed by atoms with Crippen LogP contribution >= 0.6 is 0 Å². The fourth-order valence-electron chi connectivity index (χ4n) is 1.22. The number of ether oxygens (including phenoxy) is 1. The van der Waals surface area contributed by atoms with Crippen molar-refractivity contribution in [3.63, 3.8) is 0 Å². The Morgan fingerprint density at radius 1 is 1.62 bits per heavy atom. The highest BCUT2D eigenvalue weighted by Gasteiger charge is 2.29. The molecule has 1 aliphatic rings. The summed E-state index contributed by atoms with van der Waals surface area (Å²) in [5, 5.41) is 12.3. The van der Waals surface area contributed by atoms with Crippen LogP contribution in [0, 0.1) is 12.3 Å². The normalized spacial score (nSPS) is 20.3. The number of amides is 1. The molecule has 0 aromatic carbocycles. The van der Waals surface area contributed by atoms with Gasteiger partial charge in [0.05, 0.1) is 5.60 Å². The summed E-state index contributed by atoms with van der Waals surface area (Å²) in [6.45, 7) is 1.27. The fourth-order valence-corrected chi connectivity index (χ4v) is 1.22. The Morgan fingerprint density at radius 2 is 2.23 bits per heavy atom. The smallest absolute Gasteiger partial charge is 0.295 e. The van der Waals surface area contributed by atoms with Crippen molar-refractivity contribution in [1.82, 2.24) is 5.32 Å². The second kappa shape index (κ2) is 4.26. The first-order valence-corrected chi connectivity index (χ1v) is 4.21. The van der Waals surface area contributed by atoms with Crippen LogP contribution in [0.3, 0.4) is 0 Å². The van der Waals surface area contributed by atoms with Crippen LogP contribution in [0.5, 0.6) is 0 Å². The number of carbonyl (C=O) groups excluding carboxylic acids is 1. The average molecular weight is 183 g/mol. The third-order valence-corrected chi connectivity index (χ3v) is 2.13. The Hall–Kier alpha value is -1.05. The van der Waals surface area contributed by atoms with Crippen molar-refractivity contribution in [2.75, 3.05) is 19.8 Å². The monoisotopic (exact) mass is 183 g/mol. The summed E-state index contributed by atoms with van der Waals surface area (Å²) in [5.41, 5.74) is -0.842. The molecule has 1 amide bonds. The van der Waals surface area contributed by atoms with Crippen LogP contribution in [0.4, 0.5) is 0 Å². The molecular weight excluding hydrogens is 170 g/mol. The Morgan fingerprint density at radius 3 is 2.77 bits per heavy atom. The first kappa shape index (κ1) is 10.0. The van der Waals surface area contributed by atoms with Crippen molar-refractivity contribution in [3.8, 4) is 12.3 Å². The minimum atomic E-state index is -0.842. The van der Waals surface area contributed by atoms with Crippen molar-refractivity contribution in [2.24, 2.45) is 0 Å². The molecule has 0 aromatic heterocycles. The van der Waals surface area contributed by atoms with Gasteiger partial charge >= 0.3 is 0 Å². The zero-order valence-corrected chi connectivity index (χ0v) is 7.38. The third-order valence-electron chi connectivity index (χ3n) is 2.13. The lowest BCUT2D eigenvalue weighted by Gasteiger charge is -2.31. The van der Waals surface area contributed by atoms with E-state index in [1.165, 1.54) is 0 Å². The maximum atomic E-state index is 10.7. The summed E-state index contributed by atoms with van der Waals surface area (Å²) < 4.78 is 5.09. The molecule has 13 heavy (non-hydrogen) atoms. The lowest BCUT2D eigenvalue weighted by Crippen LogP contribution is -2.46. The van der Waals surface area contributed by atoms with Gasteiger partial charge in [0.15, 0.2) is 0 Å².